The highest BCUT2D eigenvalue weighted by Gasteiger charge is 2.34. The number of thiazole rings is 1. The molecular formula is C47H54N8O10S. The maximum absolute atomic E-state index is 13.3. The number of fused-ring (bicyclic) bond motifs is 1. The Labute approximate surface area is 385 Å². The van der Waals surface area contributed by atoms with Crippen molar-refractivity contribution in [2.75, 3.05) is 64.7 Å². The van der Waals surface area contributed by atoms with Crippen LogP contribution in [0.1, 0.15) is 54.9 Å². The van der Waals surface area contributed by atoms with Crippen LogP contribution in [0.25, 0.3) is 33.1 Å². The molecule has 19 heteroatoms. The number of aryl methyl sites for hydroxylation is 2. The van der Waals surface area contributed by atoms with E-state index in [1.165, 1.54) is 23.0 Å². The van der Waals surface area contributed by atoms with Crippen LogP contribution in [0.5, 0.6) is 11.5 Å². The third-order valence-electron chi connectivity index (χ3n) is 10.5. The fourth-order valence-corrected chi connectivity index (χ4v) is 7.96. The van der Waals surface area contributed by atoms with Crippen molar-refractivity contribution in [3.05, 3.63) is 99.7 Å². The predicted molar refractivity (Wildman–Crippen MR) is 246 cm³/mol. The molecule has 0 saturated carbocycles. The molecule has 0 radical (unpaired) electrons. The van der Waals surface area contributed by atoms with E-state index in [4.69, 9.17) is 28.1 Å². The summed E-state index contributed by atoms with van der Waals surface area (Å²) < 4.78 is 35.9. The number of rotatable bonds is 23. The highest BCUT2D eigenvalue weighted by atomic mass is 32.1. The molecule has 0 bridgehead atoms. The predicted octanol–water partition coefficient (Wildman–Crippen LogP) is 5.83. The van der Waals surface area contributed by atoms with Gasteiger partial charge in [-0.1, -0.05) is 26.0 Å². The quantitative estimate of drug-likeness (QED) is 0.0725. The van der Waals surface area contributed by atoms with Crippen molar-refractivity contribution < 1.29 is 42.5 Å². The number of nitrogens with zero attached hydrogens (tertiary/aromatic N) is 6. The zero-order valence-corrected chi connectivity index (χ0v) is 38.3. The monoisotopic (exact) mass is 922 g/mol. The second kappa shape index (κ2) is 23.1. The summed E-state index contributed by atoms with van der Waals surface area (Å²) >= 11 is 1.56. The van der Waals surface area contributed by atoms with Gasteiger partial charge in [0.1, 0.15) is 47.7 Å². The van der Waals surface area contributed by atoms with Crippen LogP contribution in [-0.2, 0) is 37.4 Å². The molecule has 348 valence electrons. The van der Waals surface area contributed by atoms with Gasteiger partial charge in [-0.3, -0.25) is 19.2 Å². The molecule has 1 aliphatic rings. The van der Waals surface area contributed by atoms with Crippen molar-refractivity contribution in [3.63, 3.8) is 0 Å². The molecule has 0 aliphatic carbocycles. The SMILES string of the molecule is Cc1ncsc1-c1ccc(CNC(=O)[C@@H]2CCCN2C(=O)CC(C)C)c(OCCOCCOCCOCCOc2ccc(C(=O)Nc3ccc4oc(-c5ccc(=O)n(C)n5)nc4c3)nc2)c1. The zero-order valence-electron chi connectivity index (χ0n) is 37.4. The fraction of sp³-hybridized carbons (Fsp3) is 0.404. The summed E-state index contributed by atoms with van der Waals surface area (Å²) in [6.07, 6.45) is 3.37. The molecule has 4 aromatic heterocycles. The third-order valence-corrected chi connectivity index (χ3v) is 11.5. The maximum atomic E-state index is 13.3. The van der Waals surface area contributed by atoms with E-state index in [2.05, 4.69) is 30.7 Å². The van der Waals surface area contributed by atoms with E-state index in [1.807, 2.05) is 44.5 Å². The van der Waals surface area contributed by atoms with Crippen molar-refractivity contribution in [1.29, 1.82) is 0 Å². The number of hydrogen-bond donors (Lipinski definition) is 2. The van der Waals surface area contributed by atoms with Crippen LogP contribution in [0.2, 0.25) is 0 Å². The molecular weight excluding hydrogens is 869 g/mol. The maximum Gasteiger partial charge on any atom is 0.274 e. The van der Waals surface area contributed by atoms with Gasteiger partial charge in [0.05, 0.1) is 61.9 Å². The first-order chi connectivity index (χ1) is 32.0. The van der Waals surface area contributed by atoms with Gasteiger partial charge in [0.2, 0.25) is 17.7 Å². The Bertz CT molecular complexity index is 2650. The molecule has 2 N–H and O–H groups in total. The van der Waals surface area contributed by atoms with Crippen molar-refractivity contribution >= 4 is 45.8 Å². The molecule has 2 aromatic carbocycles. The summed E-state index contributed by atoms with van der Waals surface area (Å²) in [6.45, 7) is 9.60. The Morgan fingerprint density at radius 3 is 2.35 bits per heavy atom. The Morgan fingerprint density at radius 1 is 0.894 bits per heavy atom. The number of carbonyl (C=O) groups is 3. The number of carbonyl (C=O) groups excluding carboxylic acids is 3. The summed E-state index contributed by atoms with van der Waals surface area (Å²) in [6, 6.07) is 16.7. The number of likely N-dealkylation sites (tertiary alicyclic amines) is 1. The van der Waals surface area contributed by atoms with Gasteiger partial charge >= 0.3 is 0 Å². The summed E-state index contributed by atoms with van der Waals surface area (Å²) in [4.78, 5) is 66.5. The van der Waals surface area contributed by atoms with E-state index in [9.17, 15) is 19.2 Å². The summed E-state index contributed by atoms with van der Waals surface area (Å²) in [5.74, 6) is 1.08. The van der Waals surface area contributed by atoms with Gasteiger partial charge in [-0.05, 0) is 73.7 Å². The van der Waals surface area contributed by atoms with Crippen molar-refractivity contribution in [1.82, 2.24) is 34.9 Å². The first kappa shape index (κ1) is 47.4. The summed E-state index contributed by atoms with van der Waals surface area (Å²) in [7, 11) is 1.54. The fourth-order valence-electron chi connectivity index (χ4n) is 7.16. The minimum atomic E-state index is -0.456. The molecule has 1 fully saturated rings. The molecule has 0 unspecified atom stereocenters. The third kappa shape index (κ3) is 12.8. The van der Waals surface area contributed by atoms with E-state index in [-0.39, 0.29) is 48.0 Å². The van der Waals surface area contributed by atoms with Crippen LogP contribution in [0.15, 0.2) is 81.6 Å². The summed E-state index contributed by atoms with van der Waals surface area (Å²) in [5.41, 5.74) is 6.43. The second-order valence-corrected chi connectivity index (χ2v) is 16.8. The number of amides is 3. The highest BCUT2D eigenvalue weighted by molar-refractivity contribution is 7.13. The minimum Gasteiger partial charge on any atom is -0.491 e. The van der Waals surface area contributed by atoms with Gasteiger partial charge in [0, 0.05) is 43.9 Å². The lowest BCUT2D eigenvalue weighted by Gasteiger charge is -2.25. The Morgan fingerprint density at radius 2 is 1.65 bits per heavy atom. The number of hydrogen-bond acceptors (Lipinski definition) is 15. The van der Waals surface area contributed by atoms with E-state index < -0.39 is 11.9 Å². The van der Waals surface area contributed by atoms with Crippen molar-refractivity contribution in [3.8, 4) is 33.5 Å². The van der Waals surface area contributed by atoms with Gasteiger partial charge in [0.25, 0.3) is 11.5 Å². The molecule has 5 heterocycles. The zero-order chi connectivity index (χ0) is 46.4. The van der Waals surface area contributed by atoms with Crippen LogP contribution in [0, 0.1) is 12.8 Å². The Hall–Kier alpha value is -6.54. The molecule has 1 saturated heterocycles. The lowest BCUT2D eigenvalue weighted by atomic mass is 10.1. The number of anilines is 1. The van der Waals surface area contributed by atoms with Gasteiger partial charge in [0.15, 0.2) is 5.58 Å². The van der Waals surface area contributed by atoms with Crippen LogP contribution in [0.4, 0.5) is 5.69 Å². The normalized spacial score (nSPS) is 13.7. The van der Waals surface area contributed by atoms with Crippen LogP contribution >= 0.6 is 11.3 Å². The number of aromatic nitrogens is 5. The van der Waals surface area contributed by atoms with E-state index in [0.29, 0.717) is 99.6 Å². The van der Waals surface area contributed by atoms with Crippen LogP contribution in [0.3, 0.4) is 0 Å². The molecule has 3 amide bonds. The minimum absolute atomic E-state index is 0.0255. The molecule has 18 nitrogen and oxygen atoms in total. The lowest BCUT2D eigenvalue weighted by Crippen LogP contribution is -2.46. The van der Waals surface area contributed by atoms with Crippen LogP contribution in [-0.4, -0.2) is 113 Å². The molecule has 0 spiro atoms. The largest absolute Gasteiger partial charge is 0.491 e. The number of nitrogens with one attached hydrogen (secondary N) is 2. The first-order valence-corrected chi connectivity index (χ1v) is 22.7. The smallest absolute Gasteiger partial charge is 0.274 e. The molecule has 7 rings (SSSR count). The van der Waals surface area contributed by atoms with Gasteiger partial charge < -0.3 is 43.6 Å². The Balaban J connectivity index is 0.759. The Kier molecular flexibility index (Phi) is 16.6. The average Bonchev–Trinajstić information content (AvgIpc) is 4.08. The second-order valence-electron chi connectivity index (χ2n) is 15.9. The van der Waals surface area contributed by atoms with Crippen molar-refractivity contribution in [2.24, 2.45) is 13.0 Å². The van der Waals surface area contributed by atoms with Gasteiger partial charge in [-0.15, -0.1) is 11.3 Å². The van der Waals surface area contributed by atoms with E-state index in [1.54, 1.807) is 53.6 Å². The first-order valence-electron chi connectivity index (χ1n) is 21.8. The number of benzene rings is 2. The van der Waals surface area contributed by atoms with Crippen molar-refractivity contribution in [2.45, 2.75) is 52.6 Å². The lowest BCUT2D eigenvalue weighted by molar-refractivity contribution is -0.139. The van der Waals surface area contributed by atoms with Crippen LogP contribution < -0.4 is 25.7 Å². The molecule has 6 aromatic rings. The van der Waals surface area contributed by atoms with E-state index >= 15 is 0 Å². The number of oxazole rings is 1. The average molecular weight is 923 g/mol. The highest BCUT2D eigenvalue weighted by Crippen LogP contribution is 2.32. The molecule has 1 atom stereocenters. The topological polar surface area (TPSA) is 211 Å². The molecule has 1 aliphatic heterocycles. The number of pyridine rings is 1. The molecule has 66 heavy (non-hydrogen) atoms. The standard InChI is InChI=1S/C47H54N8O10S/c1-30(2)24-43(57)55-15-5-6-39(55)46(59)49-27-33-8-7-32(44-31(3)50-29-66-44)25-41(33)64-23-21-62-19-17-60-16-18-61-20-22-63-35-10-11-36(48-28-35)45(58)51-34-9-13-40-38(26-34)52-47(65-40)37-12-14-42(56)54(4)53-37/h7-14,25-26,28-30,39H,5-6,15-24,27H2,1-4H3,(H,49,59)(H,51,58)/t39-/m0/s1. The number of ether oxygens (including phenoxy) is 5. The van der Waals surface area contributed by atoms with Gasteiger partial charge in [-0.25, -0.2) is 19.6 Å². The van der Waals surface area contributed by atoms with Gasteiger partial charge in [-0.2, -0.15) is 5.10 Å². The summed E-state index contributed by atoms with van der Waals surface area (Å²) in [5, 5.41) is 10.0. The van der Waals surface area contributed by atoms with E-state index in [0.717, 1.165) is 28.1 Å².